The lowest BCUT2D eigenvalue weighted by molar-refractivity contribution is 0.892. The van der Waals surface area contributed by atoms with E-state index in [0.717, 1.165) is 38.8 Å². The molecule has 1 heterocycles. The van der Waals surface area contributed by atoms with Gasteiger partial charge in [0, 0.05) is 16.6 Å². The highest BCUT2D eigenvalue weighted by molar-refractivity contribution is 6.31. The lowest BCUT2D eigenvalue weighted by Gasteiger charge is -2.13. The van der Waals surface area contributed by atoms with Crippen LogP contribution < -0.4 is 5.73 Å². The summed E-state index contributed by atoms with van der Waals surface area (Å²) >= 11 is 6.30. The molecule has 0 amide bonds. The third-order valence-corrected chi connectivity index (χ3v) is 4.54. The predicted octanol–water partition coefficient (Wildman–Crippen LogP) is 4.45. The molecule has 0 atom stereocenters. The van der Waals surface area contributed by atoms with Crippen molar-refractivity contribution in [3.63, 3.8) is 0 Å². The van der Waals surface area contributed by atoms with Gasteiger partial charge in [0.25, 0.3) is 0 Å². The van der Waals surface area contributed by atoms with Crippen LogP contribution in [0.25, 0.3) is 16.7 Å². The Morgan fingerprint density at radius 3 is 2.81 bits per heavy atom. The molecule has 0 spiro atoms. The second-order valence-corrected chi connectivity index (χ2v) is 6.12. The van der Waals surface area contributed by atoms with E-state index in [1.807, 2.05) is 30.3 Å². The fourth-order valence-corrected chi connectivity index (χ4v) is 2.99. The Bertz CT molecular complexity index is 847. The molecule has 1 aliphatic carbocycles. The van der Waals surface area contributed by atoms with Crippen LogP contribution >= 0.6 is 11.6 Å². The van der Waals surface area contributed by atoms with Crippen LogP contribution in [-0.2, 0) is 0 Å². The van der Waals surface area contributed by atoms with E-state index < -0.39 is 0 Å². The average molecular weight is 298 g/mol. The summed E-state index contributed by atoms with van der Waals surface area (Å²) in [6.45, 7) is 2.05. The molecule has 2 aromatic carbocycles. The maximum atomic E-state index is 6.30. The van der Waals surface area contributed by atoms with Crippen LogP contribution in [0.3, 0.4) is 0 Å². The molecule has 3 nitrogen and oxygen atoms in total. The highest BCUT2D eigenvalue weighted by atomic mass is 35.5. The maximum absolute atomic E-state index is 6.30. The van der Waals surface area contributed by atoms with Crippen LogP contribution in [0.2, 0.25) is 5.02 Å². The molecule has 2 N–H and O–H groups in total. The number of nitrogens with two attached hydrogens (primary N) is 1. The zero-order chi connectivity index (χ0) is 14.6. The second-order valence-electron chi connectivity index (χ2n) is 5.71. The van der Waals surface area contributed by atoms with Crippen LogP contribution in [0.1, 0.15) is 30.1 Å². The Morgan fingerprint density at radius 1 is 1.24 bits per heavy atom. The molecule has 0 unspecified atom stereocenters. The quantitative estimate of drug-likeness (QED) is 0.710. The summed E-state index contributed by atoms with van der Waals surface area (Å²) in [5.74, 6) is 1.68. The normalized spacial score (nSPS) is 14.8. The Hall–Kier alpha value is -2.00. The first-order valence-electron chi connectivity index (χ1n) is 7.18. The minimum absolute atomic E-state index is 0.553. The lowest BCUT2D eigenvalue weighted by atomic mass is 10.2. The van der Waals surface area contributed by atoms with Gasteiger partial charge in [-0.05, 0) is 55.7 Å². The van der Waals surface area contributed by atoms with E-state index in [0.29, 0.717) is 5.92 Å². The van der Waals surface area contributed by atoms with E-state index in [-0.39, 0.29) is 0 Å². The molecule has 3 aromatic rings. The number of anilines is 1. The summed E-state index contributed by atoms with van der Waals surface area (Å²) in [5.41, 5.74) is 10.9. The van der Waals surface area contributed by atoms with E-state index in [1.54, 1.807) is 0 Å². The van der Waals surface area contributed by atoms with Crippen LogP contribution in [0, 0.1) is 6.92 Å². The highest BCUT2D eigenvalue weighted by Crippen LogP contribution is 2.42. The topological polar surface area (TPSA) is 43.8 Å². The van der Waals surface area contributed by atoms with Crippen molar-refractivity contribution in [2.45, 2.75) is 25.7 Å². The van der Waals surface area contributed by atoms with Gasteiger partial charge in [0.15, 0.2) is 0 Å². The van der Waals surface area contributed by atoms with Crippen molar-refractivity contribution in [3.05, 3.63) is 52.8 Å². The number of nitrogens with zero attached hydrogens (tertiary/aromatic N) is 2. The van der Waals surface area contributed by atoms with E-state index in [1.165, 1.54) is 12.8 Å². The number of imidazole rings is 1. The molecule has 4 heteroatoms. The first-order chi connectivity index (χ1) is 10.1. The minimum atomic E-state index is 0.553. The molecule has 1 aliphatic rings. The molecular formula is C17H16ClN3. The van der Waals surface area contributed by atoms with E-state index in [2.05, 4.69) is 17.6 Å². The Kier molecular flexibility index (Phi) is 2.73. The molecule has 106 valence electrons. The van der Waals surface area contributed by atoms with Crippen molar-refractivity contribution < 1.29 is 0 Å². The van der Waals surface area contributed by atoms with Gasteiger partial charge >= 0.3 is 0 Å². The number of nitrogen functional groups attached to an aromatic ring is 1. The minimum Gasteiger partial charge on any atom is -0.399 e. The van der Waals surface area contributed by atoms with Gasteiger partial charge < -0.3 is 5.73 Å². The Labute approximate surface area is 128 Å². The average Bonchev–Trinajstić information content (AvgIpc) is 3.24. The summed E-state index contributed by atoms with van der Waals surface area (Å²) < 4.78 is 2.24. The zero-order valence-electron chi connectivity index (χ0n) is 11.8. The van der Waals surface area contributed by atoms with Crippen LogP contribution in [0.5, 0.6) is 0 Å². The van der Waals surface area contributed by atoms with Crippen molar-refractivity contribution in [2.75, 3.05) is 5.73 Å². The molecule has 1 fully saturated rings. The molecule has 0 bridgehead atoms. The summed E-state index contributed by atoms with van der Waals surface area (Å²) in [6.07, 6.45) is 2.41. The van der Waals surface area contributed by atoms with E-state index in [9.17, 15) is 0 Å². The van der Waals surface area contributed by atoms with Gasteiger partial charge in [-0.3, -0.25) is 4.57 Å². The fraction of sp³-hybridized carbons (Fsp3) is 0.235. The van der Waals surface area contributed by atoms with Crippen LogP contribution in [0.15, 0.2) is 36.4 Å². The van der Waals surface area contributed by atoms with Crippen molar-refractivity contribution >= 4 is 28.3 Å². The molecule has 1 saturated carbocycles. The first-order valence-corrected chi connectivity index (χ1v) is 7.56. The first kappa shape index (κ1) is 12.7. The third-order valence-electron chi connectivity index (χ3n) is 4.13. The monoisotopic (exact) mass is 297 g/mol. The van der Waals surface area contributed by atoms with Gasteiger partial charge in [-0.15, -0.1) is 0 Å². The van der Waals surface area contributed by atoms with E-state index in [4.69, 9.17) is 22.3 Å². The van der Waals surface area contributed by atoms with Gasteiger partial charge in [0.2, 0.25) is 0 Å². The smallest absolute Gasteiger partial charge is 0.117 e. The third kappa shape index (κ3) is 2.00. The lowest BCUT2D eigenvalue weighted by Crippen LogP contribution is -2.02. The number of hydrogen-bond donors (Lipinski definition) is 1. The Balaban J connectivity index is 2.06. The number of rotatable bonds is 2. The summed E-state index contributed by atoms with van der Waals surface area (Å²) in [5, 5.41) is 0.784. The molecule has 21 heavy (non-hydrogen) atoms. The van der Waals surface area contributed by atoms with Crippen molar-refractivity contribution in [2.24, 2.45) is 0 Å². The summed E-state index contributed by atoms with van der Waals surface area (Å²) in [6, 6.07) is 11.9. The van der Waals surface area contributed by atoms with Gasteiger partial charge in [0.05, 0.1) is 16.7 Å². The zero-order valence-corrected chi connectivity index (χ0v) is 12.6. The van der Waals surface area contributed by atoms with Gasteiger partial charge in [-0.25, -0.2) is 4.98 Å². The van der Waals surface area contributed by atoms with Gasteiger partial charge in [0.1, 0.15) is 5.82 Å². The molecule has 0 radical (unpaired) electrons. The number of aromatic nitrogens is 2. The summed E-state index contributed by atoms with van der Waals surface area (Å²) in [7, 11) is 0. The van der Waals surface area contributed by atoms with Crippen LogP contribution in [0.4, 0.5) is 5.69 Å². The number of fused-ring (bicyclic) bond motifs is 1. The number of hydrogen-bond acceptors (Lipinski definition) is 2. The van der Waals surface area contributed by atoms with Crippen molar-refractivity contribution in [1.29, 1.82) is 0 Å². The van der Waals surface area contributed by atoms with Gasteiger partial charge in [-0.1, -0.05) is 17.7 Å². The SMILES string of the molecule is Cc1c(Cl)cccc1-n1c(C2CC2)nc2cc(N)ccc21. The second kappa shape index (κ2) is 4.50. The van der Waals surface area contributed by atoms with Crippen LogP contribution in [-0.4, -0.2) is 9.55 Å². The van der Waals surface area contributed by atoms with Gasteiger partial charge in [-0.2, -0.15) is 0 Å². The maximum Gasteiger partial charge on any atom is 0.117 e. The molecule has 1 aromatic heterocycles. The Morgan fingerprint density at radius 2 is 2.05 bits per heavy atom. The largest absolute Gasteiger partial charge is 0.399 e. The number of halogens is 1. The summed E-state index contributed by atoms with van der Waals surface area (Å²) in [4.78, 5) is 4.82. The highest BCUT2D eigenvalue weighted by Gasteiger charge is 2.30. The fourth-order valence-electron chi connectivity index (χ4n) is 2.82. The standard InChI is InChI=1S/C17H16ClN3/c1-10-13(18)3-2-4-15(10)21-16-8-7-12(19)9-14(16)20-17(21)11-5-6-11/h2-4,7-9,11H,5-6,19H2,1H3. The number of benzene rings is 2. The molecular weight excluding hydrogens is 282 g/mol. The van der Waals surface area contributed by atoms with Crippen molar-refractivity contribution in [1.82, 2.24) is 9.55 Å². The van der Waals surface area contributed by atoms with E-state index >= 15 is 0 Å². The molecule has 0 saturated heterocycles. The molecule has 4 rings (SSSR count). The van der Waals surface area contributed by atoms with Crippen molar-refractivity contribution in [3.8, 4) is 5.69 Å². The predicted molar refractivity (Wildman–Crippen MR) is 87.2 cm³/mol. The molecule has 0 aliphatic heterocycles.